The molecule has 1 amide bonds. The average Bonchev–Trinajstić information content (AvgIpc) is 3.45. The summed E-state index contributed by atoms with van der Waals surface area (Å²) < 4.78 is 0. The third-order valence-corrected chi connectivity index (χ3v) is 6.41. The molecule has 2 heterocycles. The van der Waals surface area contributed by atoms with E-state index in [4.69, 9.17) is 11.6 Å². The summed E-state index contributed by atoms with van der Waals surface area (Å²) in [5, 5.41) is 10.7. The van der Waals surface area contributed by atoms with Gasteiger partial charge in [-0.05, 0) is 49.9 Å². The van der Waals surface area contributed by atoms with E-state index in [9.17, 15) is 9.90 Å². The van der Waals surface area contributed by atoms with Crippen LogP contribution in [0.25, 0.3) is 0 Å². The number of nitrogens with zero attached hydrogens (tertiary/aromatic N) is 3. The van der Waals surface area contributed by atoms with Crippen molar-refractivity contribution in [3.8, 4) is 0 Å². The van der Waals surface area contributed by atoms with Crippen molar-refractivity contribution in [1.29, 1.82) is 0 Å². The van der Waals surface area contributed by atoms with Crippen LogP contribution in [-0.4, -0.2) is 83.2 Å². The molecule has 142 valence electrons. The van der Waals surface area contributed by atoms with Gasteiger partial charge in [-0.3, -0.25) is 9.69 Å². The van der Waals surface area contributed by atoms with E-state index >= 15 is 0 Å². The first-order chi connectivity index (χ1) is 12.5. The first-order valence-electron chi connectivity index (χ1n) is 9.63. The zero-order chi connectivity index (χ0) is 18.3. The fraction of sp³-hybridized carbons (Fsp3) is 0.650. The molecule has 3 fully saturated rings. The zero-order valence-electron chi connectivity index (χ0n) is 15.4. The maximum Gasteiger partial charge on any atom is 0.253 e. The smallest absolute Gasteiger partial charge is 0.253 e. The van der Waals surface area contributed by atoms with E-state index in [0.29, 0.717) is 17.1 Å². The number of amides is 1. The van der Waals surface area contributed by atoms with E-state index < -0.39 is 0 Å². The molecule has 1 saturated carbocycles. The number of aliphatic hydroxyl groups is 1. The third kappa shape index (κ3) is 3.63. The number of hydrogen-bond acceptors (Lipinski definition) is 4. The molecule has 0 aromatic heterocycles. The molecule has 0 radical (unpaired) electrons. The minimum atomic E-state index is -0.378. The van der Waals surface area contributed by atoms with Gasteiger partial charge in [0.15, 0.2) is 0 Å². The molecule has 2 atom stereocenters. The molecule has 2 aliphatic heterocycles. The predicted octanol–water partition coefficient (Wildman–Crippen LogP) is 1.94. The van der Waals surface area contributed by atoms with Gasteiger partial charge in [0.25, 0.3) is 5.91 Å². The molecular weight excluding hydrogens is 350 g/mol. The summed E-state index contributed by atoms with van der Waals surface area (Å²) in [6, 6.07) is 7.37. The fourth-order valence-electron chi connectivity index (χ4n) is 4.51. The lowest BCUT2D eigenvalue weighted by molar-refractivity contribution is -0.0838. The van der Waals surface area contributed by atoms with Crippen LogP contribution in [-0.2, 0) is 0 Å². The van der Waals surface area contributed by atoms with Crippen LogP contribution in [0.4, 0.5) is 0 Å². The Morgan fingerprint density at radius 1 is 1.23 bits per heavy atom. The average molecular weight is 378 g/mol. The van der Waals surface area contributed by atoms with Crippen molar-refractivity contribution in [2.24, 2.45) is 5.92 Å². The highest BCUT2D eigenvalue weighted by Gasteiger charge is 2.46. The Bertz CT molecular complexity index is 664. The van der Waals surface area contributed by atoms with Crippen LogP contribution in [0.3, 0.4) is 0 Å². The van der Waals surface area contributed by atoms with Gasteiger partial charge in [-0.1, -0.05) is 11.6 Å². The second-order valence-corrected chi connectivity index (χ2v) is 8.83. The number of halogens is 1. The van der Waals surface area contributed by atoms with Crippen molar-refractivity contribution in [2.45, 2.75) is 31.3 Å². The number of benzene rings is 1. The first-order valence-corrected chi connectivity index (χ1v) is 10.0. The molecule has 5 nitrogen and oxygen atoms in total. The van der Waals surface area contributed by atoms with E-state index in [0.717, 1.165) is 32.1 Å². The van der Waals surface area contributed by atoms with E-state index in [1.54, 1.807) is 24.3 Å². The SMILES string of the molecule is CC1(CO)CN(C(=O)c2ccc(Cl)cc2)CC2CN(CC3CC3)CCN21. The van der Waals surface area contributed by atoms with Gasteiger partial charge in [0.1, 0.15) is 0 Å². The molecule has 0 bridgehead atoms. The number of fused-ring (bicyclic) bond motifs is 1. The van der Waals surface area contributed by atoms with Gasteiger partial charge in [0.05, 0.1) is 12.1 Å². The fourth-order valence-corrected chi connectivity index (χ4v) is 4.64. The summed E-state index contributed by atoms with van der Waals surface area (Å²) in [5.41, 5.74) is 0.283. The van der Waals surface area contributed by atoms with Crippen molar-refractivity contribution >= 4 is 17.5 Å². The number of aliphatic hydroxyl groups excluding tert-OH is 1. The molecular formula is C20H28ClN3O2. The molecule has 1 aromatic rings. The summed E-state index contributed by atoms with van der Waals surface area (Å²) in [5.74, 6) is 0.904. The molecule has 2 unspecified atom stereocenters. The minimum Gasteiger partial charge on any atom is -0.394 e. The van der Waals surface area contributed by atoms with E-state index in [1.807, 2.05) is 4.90 Å². The molecule has 0 spiro atoms. The van der Waals surface area contributed by atoms with Crippen LogP contribution in [0, 0.1) is 5.92 Å². The topological polar surface area (TPSA) is 47.0 Å². The van der Waals surface area contributed by atoms with Crippen molar-refractivity contribution in [3.63, 3.8) is 0 Å². The summed E-state index contributed by atoms with van der Waals surface area (Å²) in [4.78, 5) is 19.9. The predicted molar refractivity (Wildman–Crippen MR) is 103 cm³/mol. The highest BCUT2D eigenvalue weighted by molar-refractivity contribution is 6.30. The molecule has 1 N–H and O–H groups in total. The summed E-state index contributed by atoms with van der Waals surface area (Å²) in [7, 11) is 0. The Morgan fingerprint density at radius 2 is 1.96 bits per heavy atom. The van der Waals surface area contributed by atoms with Crippen molar-refractivity contribution in [1.82, 2.24) is 14.7 Å². The second-order valence-electron chi connectivity index (χ2n) is 8.40. The Kier molecular flexibility index (Phi) is 4.99. The number of rotatable bonds is 4. The van der Waals surface area contributed by atoms with Crippen LogP contribution in [0.2, 0.25) is 5.02 Å². The van der Waals surface area contributed by atoms with Crippen LogP contribution in [0.5, 0.6) is 0 Å². The van der Waals surface area contributed by atoms with Gasteiger partial charge in [-0.25, -0.2) is 0 Å². The Labute approximate surface area is 160 Å². The molecule has 4 rings (SSSR count). The van der Waals surface area contributed by atoms with Crippen molar-refractivity contribution in [2.75, 3.05) is 45.9 Å². The van der Waals surface area contributed by atoms with Crippen molar-refractivity contribution < 1.29 is 9.90 Å². The quantitative estimate of drug-likeness (QED) is 0.871. The summed E-state index contributed by atoms with van der Waals surface area (Å²) in [6.45, 7) is 7.63. The van der Waals surface area contributed by atoms with Crippen LogP contribution in [0.1, 0.15) is 30.1 Å². The molecule has 6 heteroatoms. The lowest BCUT2D eigenvalue weighted by Gasteiger charge is -2.56. The molecule has 1 aromatic carbocycles. The third-order valence-electron chi connectivity index (χ3n) is 6.16. The minimum absolute atomic E-state index is 0.0281. The number of carbonyl (C=O) groups is 1. The Hall–Kier alpha value is -1.14. The van der Waals surface area contributed by atoms with E-state index in [-0.39, 0.29) is 24.1 Å². The summed E-state index contributed by atoms with van der Waals surface area (Å²) >= 11 is 5.95. The van der Waals surface area contributed by atoms with E-state index in [2.05, 4.69) is 16.7 Å². The van der Waals surface area contributed by atoms with Crippen molar-refractivity contribution in [3.05, 3.63) is 34.9 Å². The highest BCUT2D eigenvalue weighted by atomic mass is 35.5. The Morgan fingerprint density at radius 3 is 2.62 bits per heavy atom. The number of piperazine rings is 2. The first kappa shape index (κ1) is 18.2. The van der Waals surface area contributed by atoms with Crippen LogP contribution in [0.15, 0.2) is 24.3 Å². The molecule has 2 saturated heterocycles. The maximum absolute atomic E-state index is 13.0. The zero-order valence-corrected chi connectivity index (χ0v) is 16.2. The van der Waals surface area contributed by atoms with Gasteiger partial charge in [0.2, 0.25) is 0 Å². The lowest BCUT2D eigenvalue weighted by Crippen LogP contribution is -2.72. The lowest BCUT2D eigenvalue weighted by atomic mass is 9.91. The van der Waals surface area contributed by atoms with Gasteiger partial charge >= 0.3 is 0 Å². The number of hydrogen-bond donors (Lipinski definition) is 1. The van der Waals surface area contributed by atoms with E-state index in [1.165, 1.54) is 19.4 Å². The number of carbonyl (C=O) groups excluding carboxylic acids is 1. The second kappa shape index (κ2) is 7.12. The van der Waals surface area contributed by atoms with Gasteiger partial charge in [-0.15, -0.1) is 0 Å². The summed E-state index contributed by atoms with van der Waals surface area (Å²) in [6.07, 6.45) is 2.72. The largest absolute Gasteiger partial charge is 0.394 e. The van der Waals surface area contributed by atoms with Crippen LogP contribution >= 0.6 is 11.6 Å². The Balaban J connectivity index is 1.51. The molecule has 26 heavy (non-hydrogen) atoms. The highest BCUT2D eigenvalue weighted by Crippen LogP contribution is 2.33. The standard InChI is InChI=1S/C20H28ClN3O2/c1-20(14-25)13-23(19(26)16-4-6-17(21)7-5-16)12-18-11-22(8-9-24(18)20)10-15-2-3-15/h4-7,15,18,25H,2-3,8-14H2,1H3. The van der Waals surface area contributed by atoms with Crippen LogP contribution < -0.4 is 0 Å². The maximum atomic E-state index is 13.0. The molecule has 1 aliphatic carbocycles. The van der Waals surface area contributed by atoms with Gasteiger partial charge in [0, 0.05) is 55.9 Å². The monoisotopic (exact) mass is 377 g/mol. The van der Waals surface area contributed by atoms with Gasteiger partial charge < -0.3 is 14.9 Å². The normalized spacial score (nSPS) is 30.3. The van der Waals surface area contributed by atoms with Gasteiger partial charge in [-0.2, -0.15) is 0 Å². The molecule has 3 aliphatic rings.